The van der Waals surface area contributed by atoms with Crippen molar-refractivity contribution in [2.24, 2.45) is 0 Å². The van der Waals surface area contributed by atoms with Gasteiger partial charge in [0, 0.05) is 89.0 Å². The normalized spacial score (nSPS) is 29.4. The summed E-state index contributed by atoms with van der Waals surface area (Å²) < 4.78 is 194. The van der Waals surface area contributed by atoms with E-state index in [-0.39, 0.29) is 123 Å². The molecule has 0 amide bonds. The molecule has 60 nitrogen and oxygen atoms in total. The van der Waals surface area contributed by atoms with Gasteiger partial charge in [-0.3, -0.25) is 64.3 Å². The van der Waals surface area contributed by atoms with Gasteiger partial charge >= 0.3 is 58.6 Å². The Bertz CT molecular complexity index is 6340. The highest BCUT2D eigenvalue weighted by Crippen LogP contribution is 2.58. The number of H-pyrrole nitrogens is 1. The van der Waals surface area contributed by atoms with Crippen molar-refractivity contribution in [1.82, 2.24) is 77.2 Å². The topological polar surface area (TPSA) is 772 Å². The average molecular weight is 2180 g/mol. The molecule has 0 aromatic carbocycles. The van der Waals surface area contributed by atoms with Crippen LogP contribution in [0.4, 0.5) is 29.1 Å². The molecule has 0 saturated carbocycles. The molecule has 8 aromatic rings. The summed E-state index contributed by atoms with van der Waals surface area (Å²) in [5.74, 6) is -0.495. The number of ether oxygens (including phenoxy) is 16. The van der Waals surface area contributed by atoms with Crippen molar-refractivity contribution >= 4 is 123 Å². The van der Waals surface area contributed by atoms with E-state index in [0.29, 0.717) is 16.7 Å². The number of phosphoric acid groups is 2. The predicted octanol–water partition coefficient (Wildman–Crippen LogP) is -1.69. The first-order valence-corrected chi connectivity index (χ1v) is 54.4. The van der Waals surface area contributed by atoms with Crippen LogP contribution in [0.15, 0.2) is 74.1 Å². The number of aliphatic hydroxyl groups is 1. The molecule has 0 aliphatic carbocycles. The van der Waals surface area contributed by atoms with E-state index in [1.54, 1.807) is 18.4 Å². The SMILES string of the molecule is COCCO[C@H]1C(O)[C@@H](COP(O)(=S)OC2[C@@H](COP(O)(=S)OC3[C@@H](COP(=O)(O)OC4[C@@H](COP(=O)(O)OC5[C@@H](COP(O)(=S)OC6C[C@H](n7cnc8c(N)ncnc87)O[C@@H]6C)O[C@@H](n6cc(C)c(N)nc6=O)[C@H]5OCCOC)O[C@@H](n5cc(C)c(N)nc5=O)[C@H]4OCCOC)O[C@@H](n4cnc5c(N)ncnc54)[C@H]3OCCOC)O[C@@H](n3cc(C)c(=O)[nH]c3=O)[C@H]2OCCOC)O[C@H]1n1cc(C)c(N)nc1=O. The Labute approximate surface area is 825 Å². The number of aliphatic hydroxyl groups excluding tert-OH is 1. The van der Waals surface area contributed by atoms with Crippen LogP contribution < -0.4 is 57.0 Å². The fourth-order valence-corrected chi connectivity index (χ4v) is 22.5. The third kappa shape index (κ3) is 26.5. The molecule has 14 heterocycles. The van der Waals surface area contributed by atoms with Gasteiger partial charge in [-0.15, -0.1) is 0 Å². The highest BCUT2D eigenvalue weighted by molar-refractivity contribution is 8.07. The summed E-state index contributed by atoms with van der Waals surface area (Å²) in [6.07, 6.45) is -26.6. The van der Waals surface area contributed by atoms with E-state index in [4.69, 9.17) is 185 Å². The number of phosphoric ester groups is 2. The maximum absolute atomic E-state index is 15.4. The number of aromatic amines is 1. The van der Waals surface area contributed by atoms with Crippen molar-refractivity contribution in [3.05, 3.63) is 125 Å². The first-order chi connectivity index (χ1) is 67.9. The molecule has 143 heavy (non-hydrogen) atoms. The number of hydrogen-bond donors (Lipinski definition) is 12. The van der Waals surface area contributed by atoms with Crippen molar-refractivity contribution in [3.63, 3.8) is 0 Å². The second-order valence-corrected chi connectivity index (χ2v) is 44.1. The summed E-state index contributed by atoms with van der Waals surface area (Å²) in [5, 5.41) is 11.8. The van der Waals surface area contributed by atoms with E-state index in [9.17, 15) is 53.5 Å². The van der Waals surface area contributed by atoms with Crippen LogP contribution in [-0.2, 0) is 166 Å². The Kier molecular flexibility index (Phi) is 37.3. The molecule has 8 aromatic heterocycles. The number of anilines is 5. The average Bonchev–Trinajstić information content (AvgIpc) is 1.61. The van der Waals surface area contributed by atoms with E-state index >= 15 is 9.13 Å². The van der Waals surface area contributed by atoms with Gasteiger partial charge in [-0.2, -0.15) is 15.0 Å². The van der Waals surface area contributed by atoms with Crippen molar-refractivity contribution in [3.8, 4) is 0 Å². The number of nitrogens with two attached hydrogens (primary N) is 5. The summed E-state index contributed by atoms with van der Waals surface area (Å²) in [6, 6.07) is 0. The number of aryl methyl sites for hydroxylation is 4. The largest absolute Gasteiger partial charge is 0.472 e. The Balaban J connectivity index is 0.752. The van der Waals surface area contributed by atoms with Crippen LogP contribution in [0.1, 0.15) is 73.0 Å². The fourth-order valence-electron chi connectivity index (χ4n) is 16.1. The van der Waals surface area contributed by atoms with Crippen LogP contribution in [0.5, 0.6) is 0 Å². The zero-order valence-electron chi connectivity index (χ0n) is 77.9. The van der Waals surface area contributed by atoms with Crippen molar-refractivity contribution in [1.29, 1.82) is 0 Å². The molecule has 11 unspecified atom stereocenters. The van der Waals surface area contributed by atoms with E-state index in [1.165, 1.54) is 98.5 Å². The summed E-state index contributed by atoms with van der Waals surface area (Å²) >= 11 is 17.1. The van der Waals surface area contributed by atoms with Crippen molar-refractivity contribution < 1.29 is 160 Å². The summed E-state index contributed by atoms with van der Waals surface area (Å²) in [4.78, 5) is 169. The number of fused-ring (bicyclic) bond motifs is 2. The summed E-state index contributed by atoms with van der Waals surface area (Å²) in [5.41, 5.74) is 27.1. The Hall–Kier alpha value is -7.45. The number of methoxy groups -OCH3 is 5. The van der Waals surface area contributed by atoms with Crippen LogP contribution in [0.3, 0.4) is 0 Å². The van der Waals surface area contributed by atoms with Crippen LogP contribution in [0.25, 0.3) is 22.3 Å². The Morgan fingerprint density at radius 3 is 1.11 bits per heavy atom. The van der Waals surface area contributed by atoms with E-state index in [1.807, 2.05) is 0 Å². The maximum Gasteiger partial charge on any atom is 0.472 e. The number of nitrogen functional groups attached to an aromatic ring is 5. The van der Waals surface area contributed by atoms with Crippen LogP contribution in [0, 0.1) is 27.7 Å². The molecule has 6 aliphatic rings. The molecule has 17 N–H and O–H groups in total. The lowest BCUT2D eigenvalue weighted by Crippen LogP contribution is -2.41. The van der Waals surface area contributed by atoms with Gasteiger partial charge in [0.2, 0.25) is 0 Å². The summed E-state index contributed by atoms with van der Waals surface area (Å²) in [7, 11) is -4.99. The summed E-state index contributed by atoms with van der Waals surface area (Å²) in [6.45, 7) is -13.8. The van der Waals surface area contributed by atoms with E-state index < -0.39 is 245 Å². The minimum atomic E-state index is -5.91. The second kappa shape index (κ2) is 48.0. The lowest BCUT2D eigenvalue weighted by molar-refractivity contribution is -0.0849. The highest BCUT2D eigenvalue weighted by atomic mass is 32.5. The van der Waals surface area contributed by atoms with E-state index in [0.717, 1.165) is 30.8 Å². The monoisotopic (exact) mass is 2180 g/mol. The number of aromatic nitrogens is 16. The molecular weight excluding hydrogens is 2070 g/mol. The second-order valence-electron chi connectivity index (χ2n) is 32.9. The molecule has 68 heteroatoms. The highest BCUT2D eigenvalue weighted by Gasteiger charge is 2.59. The first kappa shape index (κ1) is 111. The number of nitrogens with zero attached hydrogens (tertiary/aromatic N) is 15. The molecule has 14 rings (SSSR count). The zero-order chi connectivity index (χ0) is 103. The van der Waals surface area contributed by atoms with Crippen LogP contribution >= 0.6 is 35.8 Å². The fraction of sp³-hybridized carbons (Fsp3) is 0.653. The maximum atomic E-state index is 15.4. The van der Waals surface area contributed by atoms with Gasteiger partial charge < -0.3 is 152 Å². The van der Waals surface area contributed by atoms with Crippen molar-refractivity contribution in [2.75, 3.05) is 163 Å². The van der Waals surface area contributed by atoms with Crippen LogP contribution in [0.2, 0.25) is 0 Å². The van der Waals surface area contributed by atoms with Gasteiger partial charge in [-0.1, -0.05) is 0 Å². The lowest BCUT2D eigenvalue weighted by atomic mass is 10.1. The standard InChI is InChI=1S/C75H110N21O39P5S3/c1-35-22-91(72(99)87-59(35)76)67-54(115-16-11-110-6)49(97)41(126-67)26-122-139(108,142)135-53-45(129-70(57(53)118-19-14-113-9)94-25-38(4)66(98)90-75(94)102)30-124-140(109,143)134-52-43(130-71(58(52)119-20-15-114-10)96-34-86-48-63(80)82-32-84-65(48)96)28-121-137(105,106)132-50-42(127-68(55(50)116-17-12-111-7)92-23-36(2)60(77)88-73(92)100)27-120-136(103,104)133-51-44(128-69(56(51)117-18-13-112-8)93-24-37(3)61(78)89-74(93)101)29-123-138(107,141)131-40-21-46(125-39(40)5)95-33-85-47-62(79)81-31-83-64(47)95/h22-25,31-34,39-46,49-58,67-71,97H,11-21,26-30H2,1-10H3,(H,103,104)(H,105,106)(H,107,141)(H,108,142)(H,109,143)(H2,76,87,99)(H2,77,88,100)(H2,78,89,101)(H2,79,81,83)(H2,80,82,84)(H,90,98,102)/t39-,40?,41-,42-,43-,44-,45-,46-,49?,50?,51?,52?,53?,54+,55+,56+,57+,58+,67-,68-,69-,70-,71-,138?,139?,140?/m1/s1. The van der Waals surface area contributed by atoms with Gasteiger partial charge in [0.25, 0.3) is 5.56 Å². The molecule has 0 bridgehead atoms. The zero-order valence-corrected chi connectivity index (χ0v) is 84.8. The molecule has 792 valence electrons. The molecule has 6 aliphatic heterocycles. The Morgan fingerprint density at radius 1 is 0.392 bits per heavy atom. The third-order valence-corrected chi connectivity index (χ3v) is 29.9. The minimum absolute atomic E-state index is 0.00256. The lowest BCUT2D eigenvalue weighted by Gasteiger charge is -2.30. The van der Waals surface area contributed by atoms with E-state index in [2.05, 4.69) is 49.8 Å². The number of imidazole rings is 2. The van der Waals surface area contributed by atoms with Gasteiger partial charge in [0.05, 0.1) is 124 Å². The number of hydrogen-bond acceptors (Lipinski definition) is 51. The van der Waals surface area contributed by atoms with Crippen molar-refractivity contribution in [2.45, 2.75) is 182 Å². The molecule has 0 spiro atoms. The van der Waals surface area contributed by atoms with Gasteiger partial charge in [0.1, 0.15) is 139 Å². The van der Waals surface area contributed by atoms with Gasteiger partial charge in [0.15, 0.2) is 54.1 Å². The number of nitrogens with one attached hydrogen (secondary N) is 1. The quantitative estimate of drug-likeness (QED) is 0.0149. The molecule has 6 saturated heterocycles. The Morgan fingerprint density at radius 2 is 0.713 bits per heavy atom. The predicted molar refractivity (Wildman–Crippen MR) is 500 cm³/mol. The first-order valence-electron chi connectivity index (χ1n) is 43.6. The van der Waals surface area contributed by atoms with Gasteiger partial charge in [-0.05, 0) is 70.0 Å². The minimum Gasteiger partial charge on any atom is -0.387 e. The molecule has 0 radical (unpaired) electrons. The molecule has 6 fully saturated rings. The third-order valence-electron chi connectivity index (χ3n) is 23.2. The smallest absolute Gasteiger partial charge is 0.387 e. The van der Waals surface area contributed by atoms with Crippen LogP contribution in [-0.4, -0.2) is 345 Å². The molecular formula is C75H110N21O39P5S3. The number of rotatable bonds is 51. The molecule has 28 atom stereocenters. The van der Waals surface area contributed by atoms with Gasteiger partial charge in [-0.25, -0.2) is 58.2 Å².